The second kappa shape index (κ2) is 5.85. The molecule has 3 heterocycles. The van der Waals surface area contributed by atoms with Gasteiger partial charge in [-0.15, -0.1) is 11.3 Å². The second-order valence-corrected chi connectivity index (χ2v) is 7.41. The molecule has 0 aliphatic heterocycles. The molecule has 26 heavy (non-hydrogen) atoms. The maximum Gasteiger partial charge on any atom is 0.336 e. The molecule has 0 fully saturated rings. The molecule has 0 amide bonds. The van der Waals surface area contributed by atoms with Crippen LogP contribution in [0, 0.1) is 13.8 Å². The SMILES string of the molecule is CCc1cc2c(-c3sc4nc(C)cc(C)c4c3N)cc(=O)oc2cc1O. The smallest absolute Gasteiger partial charge is 0.336 e. The number of nitrogens with two attached hydrogens (primary N) is 1. The zero-order valence-corrected chi connectivity index (χ0v) is 15.5. The molecule has 0 radical (unpaired) electrons. The molecule has 0 saturated carbocycles. The number of hydrogen-bond acceptors (Lipinski definition) is 6. The Morgan fingerprint density at radius 1 is 1.23 bits per heavy atom. The quantitative estimate of drug-likeness (QED) is 0.509. The summed E-state index contributed by atoms with van der Waals surface area (Å²) in [5.41, 5.74) is 10.4. The standard InChI is InChI=1S/C20H18N2O3S/c1-4-11-6-12-13(7-16(24)25-15(12)8-14(11)23)19-18(21)17-9(2)5-10(3)22-20(17)26-19/h5-8,23H,4,21H2,1-3H3. The Hall–Kier alpha value is -2.86. The average molecular weight is 366 g/mol. The zero-order valence-electron chi connectivity index (χ0n) is 14.7. The van der Waals surface area contributed by atoms with Gasteiger partial charge in [-0.1, -0.05) is 6.92 Å². The Balaban J connectivity index is 2.12. The van der Waals surface area contributed by atoms with Gasteiger partial charge in [0.1, 0.15) is 16.2 Å². The normalized spacial score (nSPS) is 11.5. The Labute approximate surface area is 153 Å². The molecule has 3 aromatic heterocycles. The van der Waals surface area contributed by atoms with Crippen LogP contribution < -0.4 is 11.4 Å². The Kier molecular flexibility index (Phi) is 3.73. The molecule has 5 nitrogen and oxygen atoms in total. The highest BCUT2D eigenvalue weighted by atomic mass is 32.1. The number of rotatable bonds is 2. The zero-order chi connectivity index (χ0) is 18.6. The van der Waals surface area contributed by atoms with Gasteiger partial charge in [-0.05, 0) is 43.5 Å². The third-order valence-corrected chi connectivity index (χ3v) is 5.73. The summed E-state index contributed by atoms with van der Waals surface area (Å²) in [6.07, 6.45) is 0.669. The van der Waals surface area contributed by atoms with Gasteiger partial charge in [0.25, 0.3) is 0 Å². The fraction of sp³-hybridized carbons (Fsp3) is 0.200. The number of aromatic nitrogens is 1. The van der Waals surface area contributed by atoms with E-state index in [9.17, 15) is 9.90 Å². The van der Waals surface area contributed by atoms with Crippen LogP contribution in [0.5, 0.6) is 5.75 Å². The van der Waals surface area contributed by atoms with Gasteiger partial charge in [0.15, 0.2) is 0 Å². The summed E-state index contributed by atoms with van der Waals surface area (Å²) in [5, 5.41) is 11.8. The molecule has 0 bridgehead atoms. The minimum atomic E-state index is -0.478. The number of thiophene rings is 1. The van der Waals surface area contributed by atoms with E-state index in [1.54, 1.807) is 0 Å². The minimum absolute atomic E-state index is 0.123. The molecule has 0 unspecified atom stereocenters. The number of hydrogen-bond donors (Lipinski definition) is 2. The van der Waals surface area contributed by atoms with Crippen LogP contribution in [-0.2, 0) is 6.42 Å². The molecule has 0 saturated heterocycles. The molecule has 0 aliphatic carbocycles. The summed E-state index contributed by atoms with van der Waals surface area (Å²) < 4.78 is 5.29. The van der Waals surface area contributed by atoms with E-state index in [0.29, 0.717) is 23.3 Å². The Morgan fingerprint density at radius 2 is 2.00 bits per heavy atom. The largest absolute Gasteiger partial charge is 0.508 e. The first-order valence-electron chi connectivity index (χ1n) is 8.35. The molecule has 3 N–H and O–H groups in total. The lowest BCUT2D eigenvalue weighted by atomic mass is 10.0. The summed E-state index contributed by atoms with van der Waals surface area (Å²) in [6.45, 7) is 5.92. The first-order valence-corrected chi connectivity index (χ1v) is 9.17. The number of phenols is 1. The lowest BCUT2D eigenvalue weighted by Gasteiger charge is -2.08. The molecule has 1 aromatic carbocycles. The van der Waals surface area contributed by atoms with Gasteiger partial charge < -0.3 is 15.3 Å². The van der Waals surface area contributed by atoms with Gasteiger partial charge in [0, 0.05) is 34.2 Å². The number of pyridine rings is 1. The van der Waals surface area contributed by atoms with Gasteiger partial charge in [-0.3, -0.25) is 0 Å². The molecule has 6 heteroatoms. The maximum absolute atomic E-state index is 12.1. The topological polar surface area (TPSA) is 89.4 Å². The van der Waals surface area contributed by atoms with Gasteiger partial charge in [-0.2, -0.15) is 0 Å². The van der Waals surface area contributed by atoms with Gasteiger partial charge in [0.2, 0.25) is 0 Å². The predicted octanol–water partition coefficient (Wildman–Crippen LogP) is 4.54. The molecule has 4 aromatic rings. The maximum atomic E-state index is 12.1. The van der Waals surface area contributed by atoms with Crippen LogP contribution >= 0.6 is 11.3 Å². The number of nitrogen functional groups attached to an aromatic ring is 1. The van der Waals surface area contributed by atoms with Crippen molar-refractivity contribution in [1.29, 1.82) is 0 Å². The van der Waals surface area contributed by atoms with Gasteiger partial charge in [-0.25, -0.2) is 9.78 Å². The van der Waals surface area contributed by atoms with E-state index in [4.69, 9.17) is 10.2 Å². The fourth-order valence-electron chi connectivity index (χ4n) is 3.38. The third-order valence-electron chi connectivity index (χ3n) is 4.59. The van der Waals surface area contributed by atoms with Crippen molar-refractivity contribution in [2.75, 3.05) is 5.73 Å². The van der Waals surface area contributed by atoms with E-state index < -0.39 is 5.63 Å². The molecule has 0 aliphatic rings. The summed E-state index contributed by atoms with van der Waals surface area (Å²) in [7, 11) is 0. The van der Waals surface area contributed by atoms with E-state index >= 15 is 0 Å². The fourth-order valence-corrected chi connectivity index (χ4v) is 4.63. The number of nitrogens with zero attached hydrogens (tertiary/aromatic N) is 1. The van der Waals surface area contributed by atoms with Crippen molar-refractivity contribution in [3.05, 3.63) is 51.5 Å². The first-order chi connectivity index (χ1) is 12.4. The molecule has 0 atom stereocenters. The van der Waals surface area contributed by atoms with Crippen molar-refractivity contribution in [2.24, 2.45) is 0 Å². The van der Waals surface area contributed by atoms with Crippen LogP contribution in [0.1, 0.15) is 23.7 Å². The monoisotopic (exact) mass is 366 g/mol. The summed E-state index contributed by atoms with van der Waals surface area (Å²) in [6, 6.07) is 6.82. The lowest BCUT2D eigenvalue weighted by molar-refractivity contribution is 0.467. The lowest BCUT2D eigenvalue weighted by Crippen LogP contribution is -1.99. The number of benzene rings is 1. The van der Waals surface area contributed by atoms with Crippen molar-refractivity contribution < 1.29 is 9.52 Å². The van der Waals surface area contributed by atoms with E-state index in [-0.39, 0.29) is 5.75 Å². The van der Waals surface area contributed by atoms with Crippen LogP contribution in [0.4, 0.5) is 5.69 Å². The second-order valence-electron chi connectivity index (χ2n) is 6.42. The van der Waals surface area contributed by atoms with Gasteiger partial charge >= 0.3 is 5.63 Å². The minimum Gasteiger partial charge on any atom is -0.508 e. The van der Waals surface area contributed by atoms with Crippen LogP contribution in [0.3, 0.4) is 0 Å². The highest BCUT2D eigenvalue weighted by molar-refractivity contribution is 7.22. The number of aryl methyl sites for hydroxylation is 3. The summed E-state index contributed by atoms with van der Waals surface area (Å²) in [5.74, 6) is 0.123. The highest BCUT2D eigenvalue weighted by Crippen LogP contribution is 2.44. The van der Waals surface area contributed by atoms with Gasteiger partial charge in [0.05, 0.1) is 10.6 Å². The van der Waals surface area contributed by atoms with Crippen LogP contribution in [0.15, 0.2) is 33.5 Å². The molecule has 132 valence electrons. The van der Waals surface area contributed by atoms with E-state index in [1.807, 2.05) is 32.9 Å². The number of phenolic OH excluding ortho intramolecular Hbond substituents is 1. The van der Waals surface area contributed by atoms with Crippen LogP contribution in [0.25, 0.3) is 31.6 Å². The van der Waals surface area contributed by atoms with E-state index in [2.05, 4.69) is 4.98 Å². The van der Waals surface area contributed by atoms with Crippen molar-refractivity contribution in [1.82, 2.24) is 4.98 Å². The number of anilines is 1. The predicted molar refractivity (Wildman–Crippen MR) is 106 cm³/mol. The number of fused-ring (bicyclic) bond motifs is 2. The highest BCUT2D eigenvalue weighted by Gasteiger charge is 2.19. The molecular weight excluding hydrogens is 348 g/mol. The Morgan fingerprint density at radius 3 is 2.73 bits per heavy atom. The average Bonchev–Trinajstić information content (AvgIpc) is 2.90. The molecule has 0 spiro atoms. The Bertz CT molecular complexity index is 1240. The van der Waals surface area contributed by atoms with Crippen molar-refractivity contribution in [2.45, 2.75) is 27.2 Å². The first kappa shape index (κ1) is 16.6. The van der Waals surface area contributed by atoms with Crippen LogP contribution in [0.2, 0.25) is 0 Å². The summed E-state index contributed by atoms with van der Waals surface area (Å²) in [4.78, 5) is 18.3. The van der Waals surface area contributed by atoms with E-state index in [1.165, 1.54) is 23.5 Å². The molecular formula is C20H18N2O3S. The van der Waals surface area contributed by atoms with Crippen LogP contribution in [-0.4, -0.2) is 10.1 Å². The summed E-state index contributed by atoms with van der Waals surface area (Å²) >= 11 is 1.47. The third kappa shape index (κ3) is 2.45. The number of aromatic hydroxyl groups is 1. The molecule has 4 rings (SSSR count). The van der Waals surface area contributed by atoms with Crippen molar-refractivity contribution in [3.8, 4) is 16.2 Å². The van der Waals surface area contributed by atoms with E-state index in [0.717, 1.165) is 37.3 Å². The van der Waals surface area contributed by atoms with Crippen molar-refractivity contribution >= 4 is 38.2 Å². The van der Waals surface area contributed by atoms with Crippen molar-refractivity contribution in [3.63, 3.8) is 0 Å².